The first-order valence-electron chi connectivity index (χ1n) is 7.80. The smallest absolute Gasteiger partial charge is 0.134 e. The predicted octanol–water partition coefficient (Wildman–Crippen LogP) is 2.31. The lowest BCUT2D eigenvalue weighted by Crippen LogP contribution is -2.36. The third-order valence-corrected chi connectivity index (χ3v) is 4.28. The molecule has 1 aliphatic heterocycles. The van der Waals surface area contributed by atoms with Crippen molar-refractivity contribution in [2.24, 2.45) is 5.92 Å². The van der Waals surface area contributed by atoms with Gasteiger partial charge < -0.3 is 15.0 Å². The van der Waals surface area contributed by atoms with Crippen LogP contribution in [0.3, 0.4) is 0 Å². The van der Waals surface area contributed by atoms with Crippen LogP contribution < -0.4 is 10.2 Å². The molecule has 2 aliphatic rings. The molecule has 1 saturated heterocycles. The summed E-state index contributed by atoms with van der Waals surface area (Å²) in [4.78, 5) is 11.0. The van der Waals surface area contributed by atoms with E-state index in [9.17, 15) is 0 Å². The van der Waals surface area contributed by atoms with Gasteiger partial charge in [0, 0.05) is 25.7 Å². The van der Waals surface area contributed by atoms with Crippen molar-refractivity contribution < 1.29 is 4.74 Å². The lowest BCUT2D eigenvalue weighted by atomic mass is 9.89. The minimum atomic E-state index is 0.787. The molecule has 20 heavy (non-hydrogen) atoms. The molecule has 0 atom stereocenters. The lowest BCUT2D eigenvalue weighted by Gasteiger charge is -2.28. The molecule has 0 bridgehead atoms. The number of nitrogens with zero attached hydrogens (tertiary/aromatic N) is 3. The zero-order chi connectivity index (χ0) is 13.6. The van der Waals surface area contributed by atoms with Crippen molar-refractivity contribution in [2.75, 3.05) is 43.1 Å². The first kappa shape index (κ1) is 13.6. The first-order valence-corrected chi connectivity index (χ1v) is 7.80. The Bertz CT molecular complexity index is 414. The summed E-state index contributed by atoms with van der Waals surface area (Å²) in [6, 6.07) is 2.06. The molecular weight excluding hydrogens is 252 g/mol. The first-order chi connectivity index (χ1) is 9.92. The summed E-state index contributed by atoms with van der Waals surface area (Å²) in [7, 11) is 0. The van der Waals surface area contributed by atoms with Crippen LogP contribution in [0.4, 0.5) is 11.6 Å². The molecule has 3 rings (SSSR count). The van der Waals surface area contributed by atoms with Gasteiger partial charge in [0.25, 0.3) is 0 Å². The summed E-state index contributed by atoms with van der Waals surface area (Å²) in [5.41, 5.74) is 0. The Balaban J connectivity index is 1.56. The van der Waals surface area contributed by atoms with E-state index in [4.69, 9.17) is 4.74 Å². The van der Waals surface area contributed by atoms with Gasteiger partial charge in [-0.1, -0.05) is 19.3 Å². The van der Waals surface area contributed by atoms with Crippen molar-refractivity contribution in [3.8, 4) is 0 Å². The van der Waals surface area contributed by atoms with Crippen molar-refractivity contribution in [3.05, 3.63) is 12.4 Å². The Morgan fingerprint density at radius 3 is 2.75 bits per heavy atom. The van der Waals surface area contributed by atoms with E-state index in [0.717, 1.165) is 50.4 Å². The predicted molar refractivity (Wildman–Crippen MR) is 80.1 cm³/mol. The van der Waals surface area contributed by atoms with Gasteiger partial charge in [-0.2, -0.15) is 0 Å². The van der Waals surface area contributed by atoms with Crippen molar-refractivity contribution in [1.82, 2.24) is 9.97 Å². The Labute approximate surface area is 120 Å². The average Bonchev–Trinajstić information content (AvgIpc) is 2.55. The number of ether oxygens (including phenoxy) is 1. The second-order valence-corrected chi connectivity index (χ2v) is 5.75. The highest BCUT2D eigenvalue weighted by molar-refractivity contribution is 5.48. The second kappa shape index (κ2) is 6.88. The summed E-state index contributed by atoms with van der Waals surface area (Å²) < 4.78 is 5.38. The molecule has 2 heterocycles. The van der Waals surface area contributed by atoms with E-state index in [1.165, 1.54) is 32.1 Å². The SMILES string of the molecule is c1nc(NCC2CCCCC2)cc(N2CCOCC2)n1. The molecule has 1 aliphatic carbocycles. The summed E-state index contributed by atoms with van der Waals surface area (Å²) in [6.45, 7) is 4.45. The largest absolute Gasteiger partial charge is 0.378 e. The van der Waals surface area contributed by atoms with E-state index in [-0.39, 0.29) is 0 Å². The molecule has 1 N–H and O–H groups in total. The zero-order valence-electron chi connectivity index (χ0n) is 12.1. The van der Waals surface area contributed by atoms with Gasteiger partial charge in [-0.15, -0.1) is 0 Å². The molecule has 0 unspecified atom stereocenters. The monoisotopic (exact) mass is 276 g/mol. The molecule has 1 saturated carbocycles. The Morgan fingerprint density at radius 2 is 1.95 bits per heavy atom. The van der Waals surface area contributed by atoms with Crippen LogP contribution in [0.5, 0.6) is 0 Å². The molecule has 110 valence electrons. The molecule has 0 spiro atoms. The number of hydrogen-bond donors (Lipinski definition) is 1. The van der Waals surface area contributed by atoms with Crippen LogP contribution in [0, 0.1) is 5.92 Å². The average molecular weight is 276 g/mol. The maximum absolute atomic E-state index is 5.38. The normalized spacial score (nSPS) is 20.9. The quantitative estimate of drug-likeness (QED) is 0.914. The van der Waals surface area contributed by atoms with Crippen LogP contribution in [-0.2, 0) is 4.74 Å². The second-order valence-electron chi connectivity index (χ2n) is 5.75. The van der Waals surface area contributed by atoms with Crippen LogP contribution in [0.15, 0.2) is 12.4 Å². The van der Waals surface area contributed by atoms with E-state index in [1.54, 1.807) is 6.33 Å². The maximum Gasteiger partial charge on any atom is 0.134 e. The van der Waals surface area contributed by atoms with Crippen LogP contribution >= 0.6 is 0 Å². The van der Waals surface area contributed by atoms with Crippen molar-refractivity contribution in [1.29, 1.82) is 0 Å². The van der Waals surface area contributed by atoms with Gasteiger partial charge in [0.1, 0.15) is 18.0 Å². The van der Waals surface area contributed by atoms with Crippen molar-refractivity contribution in [2.45, 2.75) is 32.1 Å². The molecule has 0 aromatic carbocycles. The number of anilines is 2. The van der Waals surface area contributed by atoms with Crippen LogP contribution in [0.25, 0.3) is 0 Å². The third-order valence-electron chi connectivity index (χ3n) is 4.28. The summed E-state index contributed by atoms with van der Waals surface area (Å²) in [5, 5.41) is 3.48. The number of rotatable bonds is 4. The third kappa shape index (κ3) is 3.60. The van der Waals surface area contributed by atoms with Gasteiger partial charge in [-0.3, -0.25) is 0 Å². The van der Waals surface area contributed by atoms with E-state index < -0.39 is 0 Å². The van der Waals surface area contributed by atoms with E-state index in [0.29, 0.717) is 0 Å². The van der Waals surface area contributed by atoms with E-state index in [1.807, 2.05) is 0 Å². The van der Waals surface area contributed by atoms with Gasteiger partial charge in [-0.25, -0.2) is 9.97 Å². The number of nitrogens with one attached hydrogen (secondary N) is 1. The number of morpholine rings is 1. The Kier molecular flexibility index (Phi) is 4.69. The van der Waals surface area contributed by atoms with Crippen molar-refractivity contribution >= 4 is 11.6 Å². The van der Waals surface area contributed by atoms with Crippen LogP contribution in [0.2, 0.25) is 0 Å². The lowest BCUT2D eigenvalue weighted by molar-refractivity contribution is 0.122. The zero-order valence-corrected chi connectivity index (χ0v) is 12.1. The fraction of sp³-hybridized carbons (Fsp3) is 0.733. The number of aromatic nitrogens is 2. The fourth-order valence-corrected chi connectivity index (χ4v) is 3.05. The van der Waals surface area contributed by atoms with Gasteiger partial charge in [0.2, 0.25) is 0 Å². The van der Waals surface area contributed by atoms with Gasteiger partial charge >= 0.3 is 0 Å². The van der Waals surface area contributed by atoms with Gasteiger partial charge in [0.15, 0.2) is 0 Å². The highest BCUT2D eigenvalue weighted by atomic mass is 16.5. The molecule has 5 nitrogen and oxygen atoms in total. The van der Waals surface area contributed by atoms with Crippen LogP contribution in [0.1, 0.15) is 32.1 Å². The minimum absolute atomic E-state index is 0.787. The molecule has 0 amide bonds. The summed E-state index contributed by atoms with van der Waals surface area (Å²) in [5.74, 6) is 2.77. The van der Waals surface area contributed by atoms with Gasteiger partial charge in [0.05, 0.1) is 13.2 Å². The molecule has 0 radical (unpaired) electrons. The highest BCUT2D eigenvalue weighted by Crippen LogP contribution is 2.24. The fourth-order valence-electron chi connectivity index (χ4n) is 3.05. The Morgan fingerprint density at radius 1 is 1.15 bits per heavy atom. The number of hydrogen-bond acceptors (Lipinski definition) is 5. The standard InChI is InChI=1S/C15H24N4O/c1-2-4-13(5-3-1)11-16-14-10-15(18-12-17-14)19-6-8-20-9-7-19/h10,12-13H,1-9,11H2,(H,16,17,18). The summed E-state index contributed by atoms with van der Waals surface area (Å²) in [6.07, 6.45) is 8.55. The highest BCUT2D eigenvalue weighted by Gasteiger charge is 2.15. The molecule has 2 fully saturated rings. The van der Waals surface area contributed by atoms with E-state index >= 15 is 0 Å². The summed E-state index contributed by atoms with van der Waals surface area (Å²) >= 11 is 0. The van der Waals surface area contributed by atoms with Crippen LogP contribution in [-0.4, -0.2) is 42.8 Å². The van der Waals surface area contributed by atoms with E-state index in [2.05, 4.69) is 26.3 Å². The topological polar surface area (TPSA) is 50.3 Å². The molecule has 1 aromatic rings. The molecular formula is C15H24N4O. The Hall–Kier alpha value is -1.36. The maximum atomic E-state index is 5.38. The molecule has 5 heteroatoms. The van der Waals surface area contributed by atoms with Crippen molar-refractivity contribution in [3.63, 3.8) is 0 Å². The molecule has 1 aromatic heterocycles. The minimum Gasteiger partial charge on any atom is -0.378 e. The van der Waals surface area contributed by atoms with Gasteiger partial charge in [-0.05, 0) is 18.8 Å².